The number of hydrogen-bond acceptors (Lipinski definition) is 4. The number of halogens is 1. The summed E-state index contributed by atoms with van der Waals surface area (Å²) in [5.74, 6) is -0.633. The number of hydrogen-bond donors (Lipinski definition) is 2. The number of esters is 1. The average Bonchev–Trinajstić information content (AvgIpc) is 2.53. The average molecular weight is 333 g/mol. The minimum Gasteiger partial charge on any atom is -0.465 e. The molecule has 5 nitrogen and oxygen atoms in total. The molecule has 1 amide bonds. The molecule has 2 aromatic carbocycles. The van der Waals surface area contributed by atoms with Crippen LogP contribution in [0.15, 0.2) is 42.5 Å². The van der Waals surface area contributed by atoms with E-state index in [2.05, 4.69) is 15.4 Å². The second kappa shape index (κ2) is 7.65. The molecular weight excluding hydrogens is 316 g/mol. The SMILES string of the molecule is COC(=O)c1ccc(C)c(NCC(=O)Nc2cccc(Cl)c2)c1. The zero-order chi connectivity index (χ0) is 16.8. The molecule has 2 rings (SSSR count). The lowest BCUT2D eigenvalue weighted by atomic mass is 10.1. The molecule has 0 aliphatic heterocycles. The number of benzene rings is 2. The molecule has 0 radical (unpaired) electrons. The van der Waals surface area contributed by atoms with Crippen LogP contribution in [-0.4, -0.2) is 25.5 Å². The Morgan fingerprint density at radius 3 is 2.65 bits per heavy atom. The molecule has 2 aromatic rings. The van der Waals surface area contributed by atoms with Crippen molar-refractivity contribution in [3.63, 3.8) is 0 Å². The summed E-state index contributed by atoms with van der Waals surface area (Å²) in [6, 6.07) is 12.1. The maximum Gasteiger partial charge on any atom is 0.337 e. The highest BCUT2D eigenvalue weighted by Crippen LogP contribution is 2.18. The number of aryl methyl sites for hydroxylation is 1. The van der Waals surface area contributed by atoms with Gasteiger partial charge in [-0.25, -0.2) is 4.79 Å². The van der Waals surface area contributed by atoms with Crippen molar-refractivity contribution in [1.82, 2.24) is 0 Å². The molecular formula is C17H17ClN2O3. The molecule has 23 heavy (non-hydrogen) atoms. The van der Waals surface area contributed by atoms with Crippen LogP contribution in [-0.2, 0) is 9.53 Å². The van der Waals surface area contributed by atoms with Gasteiger partial charge in [0.05, 0.1) is 19.2 Å². The van der Waals surface area contributed by atoms with Gasteiger partial charge < -0.3 is 15.4 Å². The fraction of sp³-hybridized carbons (Fsp3) is 0.176. The van der Waals surface area contributed by atoms with Gasteiger partial charge in [-0.3, -0.25) is 4.79 Å². The van der Waals surface area contributed by atoms with Crippen LogP contribution in [0.2, 0.25) is 5.02 Å². The predicted octanol–water partition coefficient (Wildman–Crippen LogP) is 3.49. The minimum atomic E-state index is -0.420. The van der Waals surface area contributed by atoms with Gasteiger partial charge >= 0.3 is 5.97 Å². The third-order valence-corrected chi connectivity index (χ3v) is 3.44. The van der Waals surface area contributed by atoms with Crippen LogP contribution in [0, 0.1) is 6.92 Å². The van der Waals surface area contributed by atoms with E-state index in [-0.39, 0.29) is 12.5 Å². The van der Waals surface area contributed by atoms with Gasteiger partial charge in [0.2, 0.25) is 5.91 Å². The standard InChI is InChI=1S/C17H17ClN2O3/c1-11-6-7-12(17(22)23-2)8-15(11)19-10-16(21)20-14-5-3-4-13(18)9-14/h3-9,19H,10H2,1-2H3,(H,20,21). The number of ether oxygens (including phenoxy) is 1. The normalized spacial score (nSPS) is 10.0. The van der Waals surface area contributed by atoms with Crippen molar-refractivity contribution in [2.45, 2.75) is 6.92 Å². The molecule has 6 heteroatoms. The van der Waals surface area contributed by atoms with E-state index in [4.69, 9.17) is 11.6 Å². The van der Waals surface area contributed by atoms with Crippen LogP contribution in [0.4, 0.5) is 11.4 Å². The lowest BCUT2D eigenvalue weighted by Gasteiger charge is -2.11. The van der Waals surface area contributed by atoms with Gasteiger partial charge in [-0.15, -0.1) is 0 Å². The molecule has 0 atom stereocenters. The van der Waals surface area contributed by atoms with E-state index in [1.165, 1.54) is 7.11 Å². The van der Waals surface area contributed by atoms with E-state index in [9.17, 15) is 9.59 Å². The number of methoxy groups -OCH3 is 1. The Labute approximate surface area is 139 Å². The lowest BCUT2D eigenvalue weighted by molar-refractivity contribution is -0.114. The van der Waals surface area contributed by atoms with E-state index in [1.807, 2.05) is 6.92 Å². The van der Waals surface area contributed by atoms with Crippen LogP contribution in [0.3, 0.4) is 0 Å². The first-order valence-electron chi connectivity index (χ1n) is 6.98. The lowest BCUT2D eigenvalue weighted by Crippen LogP contribution is -2.22. The predicted molar refractivity (Wildman–Crippen MR) is 91.1 cm³/mol. The number of rotatable bonds is 5. The Hall–Kier alpha value is -2.53. The van der Waals surface area contributed by atoms with Crippen molar-refractivity contribution in [3.8, 4) is 0 Å². The molecule has 0 aliphatic carbocycles. The summed E-state index contributed by atoms with van der Waals surface area (Å²) in [4.78, 5) is 23.5. The smallest absolute Gasteiger partial charge is 0.337 e. The molecule has 0 aromatic heterocycles. The number of nitrogens with one attached hydrogen (secondary N) is 2. The zero-order valence-corrected chi connectivity index (χ0v) is 13.6. The largest absolute Gasteiger partial charge is 0.465 e. The second-order valence-corrected chi connectivity index (χ2v) is 5.37. The Kier molecular flexibility index (Phi) is 5.60. The van der Waals surface area contributed by atoms with Crippen LogP contribution < -0.4 is 10.6 Å². The maximum atomic E-state index is 12.0. The van der Waals surface area contributed by atoms with Gasteiger partial charge in [-0.1, -0.05) is 23.7 Å². The van der Waals surface area contributed by atoms with Gasteiger partial charge in [-0.2, -0.15) is 0 Å². The van der Waals surface area contributed by atoms with E-state index >= 15 is 0 Å². The molecule has 0 unspecified atom stereocenters. The van der Waals surface area contributed by atoms with E-state index in [0.29, 0.717) is 22.0 Å². The monoisotopic (exact) mass is 332 g/mol. The molecule has 0 aliphatic rings. The Morgan fingerprint density at radius 1 is 1.17 bits per heavy atom. The Bertz CT molecular complexity index is 732. The van der Waals surface area contributed by atoms with E-state index < -0.39 is 5.97 Å². The summed E-state index contributed by atoms with van der Waals surface area (Å²) >= 11 is 5.87. The zero-order valence-electron chi connectivity index (χ0n) is 12.9. The summed E-state index contributed by atoms with van der Waals surface area (Å²) in [6.07, 6.45) is 0. The molecule has 120 valence electrons. The highest BCUT2D eigenvalue weighted by Gasteiger charge is 2.09. The molecule has 0 saturated carbocycles. The van der Waals surface area contributed by atoms with Gasteiger partial charge in [-0.05, 0) is 42.8 Å². The van der Waals surface area contributed by atoms with Crippen LogP contribution in [0.1, 0.15) is 15.9 Å². The van der Waals surface area contributed by atoms with E-state index in [1.54, 1.807) is 42.5 Å². The first-order chi connectivity index (χ1) is 11.0. The van der Waals surface area contributed by atoms with Gasteiger partial charge in [0.1, 0.15) is 0 Å². The van der Waals surface area contributed by atoms with Crippen LogP contribution >= 0.6 is 11.6 Å². The third-order valence-electron chi connectivity index (χ3n) is 3.21. The fourth-order valence-electron chi connectivity index (χ4n) is 2.00. The molecule has 0 spiro atoms. The van der Waals surface area contributed by atoms with Crippen LogP contribution in [0.5, 0.6) is 0 Å². The molecule has 0 saturated heterocycles. The van der Waals surface area contributed by atoms with Crippen molar-refractivity contribution in [2.24, 2.45) is 0 Å². The van der Waals surface area contributed by atoms with Crippen molar-refractivity contribution >= 4 is 34.9 Å². The first-order valence-corrected chi connectivity index (χ1v) is 7.35. The van der Waals surface area contributed by atoms with E-state index in [0.717, 1.165) is 5.56 Å². The molecule has 0 bridgehead atoms. The van der Waals surface area contributed by atoms with Gasteiger partial charge in [0, 0.05) is 16.4 Å². The van der Waals surface area contributed by atoms with Crippen molar-refractivity contribution in [3.05, 3.63) is 58.6 Å². The number of carbonyl (C=O) groups is 2. The highest BCUT2D eigenvalue weighted by atomic mass is 35.5. The quantitative estimate of drug-likeness (QED) is 0.822. The highest BCUT2D eigenvalue weighted by molar-refractivity contribution is 6.30. The summed E-state index contributed by atoms with van der Waals surface area (Å²) in [6.45, 7) is 1.95. The maximum absolute atomic E-state index is 12.0. The fourth-order valence-corrected chi connectivity index (χ4v) is 2.19. The summed E-state index contributed by atoms with van der Waals surface area (Å²) < 4.78 is 4.69. The van der Waals surface area contributed by atoms with Crippen molar-refractivity contribution in [1.29, 1.82) is 0 Å². The topological polar surface area (TPSA) is 67.4 Å². The molecule has 0 heterocycles. The summed E-state index contributed by atoms with van der Waals surface area (Å²) in [5, 5.41) is 6.31. The summed E-state index contributed by atoms with van der Waals surface area (Å²) in [7, 11) is 1.33. The molecule has 0 fully saturated rings. The second-order valence-electron chi connectivity index (χ2n) is 4.93. The molecule has 2 N–H and O–H groups in total. The van der Waals surface area contributed by atoms with Gasteiger partial charge in [0.25, 0.3) is 0 Å². The number of anilines is 2. The number of carbonyl (C=O) groups excluding carboxylic acids is 2. The first kappa shape index (κ1) is 16.8. The number of amides is 1. The Morgan fingerprint density at radius 2 is 1.96 bits per heavy atom. The van der Waals surface area contributed by atoms with Crippen LogP contribution in [0.25, 0.3) is 0 Å². The van der Waals surface area contributed by atoms with Crippen molar-refractivity contribution in [2.75, 3.05) is 24.3 Å². The third kappa shape index (κ3) is 4.72. The van der Waals surface area contributed by atoms with Gasteiger partial charge in [0.15, 0.2) is 0 Å². The Balaban J connectivity index is 2.00. The minimum absolute atomic E-state index is 0.0674. The summed E-state index contributed by atoms with van der Waals surface area (Å²) in [5.41, 5.74) is 2.68. The van der Waals surface area contributed by atoms with Crippen molar-refractivity contribution < 1.29 is 14.3 Å².